The van der Waals surface area contributed by atoms with Gasteiger partial charge in [0.25, 0.3) is 0 Å². The largest absolute Gasteiger partial charge is 0.455 e. The maximum absolute atomic E-state index is 6.05. The first kappa shape index (κ1) is 12.2. The van der Waals surface area contributed by atoms with E-state index < -0.39 is 0 Å². The van der Waals surface area contributed by atoms with E-state index in [1.54, 1.807) is 6.20 Å². The minimum atomic E-state index is 0.722. The molecule has 2 aromatic carbocycles. The SMILES string of the molecule is Nc1ccc(Oc2ccc3c(c2)CCC3)c2ncccc12. The van der Waals surface area contributed by atoms with Crippen molar-refractivity contribution in [2.45, 2.75) is 19.3 Å². The normalized spacial score (nSPS) is 13.3. The number of aromatic nitrogens is 1. The van der Waals surface area contributed by atoms with E-state index in [2.05, 4.69) is 17.1 Å². The Kier molecular flexibility index (Phi) is 2.78. The van der Waals surface area contributed by atoms with Crippen molar-refractivity contribution < 1.29 is 4.74 Å². The van der Waals surface area contributed by atoms with E-state index in [0.717, 1.165) is 34.5 Å². The molecule has 1 aliphatic rings. The van der Waals surface area contributed by atoms with E-state index in [4.69, 9.17) is 10.5 Å². The Morgan fingerprint density at radius 3 is 2.86 bits per heavy atom. The van der Waals surface area contributed by atoms with Crippen LogP contribution in [0.25, 0.3) is 10.9 Å². The molecule has 0 fully saturated rings. The molecule has 1 aromatic heterocycles. The van der Waals surface area contributed by atoms with Crippen LogP contribution in [0.15, 0.2) is 48.7 Å². The molecule has 1 heterocycles. The number of nitrogens with zero attached hydrogens (tertiary/aromatic N) is 1. The summed E-state index contributed by atoms with van der Waals surface area (Å²) in [6.45, 7) is 0. The molecule has 0 saturated carbocycles. The Morgan fingerprint density at radius 1 is 1.00 bits per heavy atom. The molecule has 0 bridgehead atoms. The molecule has 2 N–H and O–H groups in total. The summed E-state index contributed by atoms with van der Waals surface area (Å²) in [5.74, 6) is 1.62. The van der Waals surface area contributed by atoms with E-state index in [1.165, 1.54) is 24.0 Å². The van der Waals surface area contributed by atoms with Crippen LogP contribution in [0.5, 0.6) is 11.5 Å². The fourth-order valence-electron chi connectivity index (χ4n) is 2.99. The van der Waals surface area contributed by atoms with Gasteiger partial charge >= 0.3 is 0 Å². The number of anilines is 1. The molecular formula is C18H16N2O. The van der Waals surface area contributed by atoms with Crippen LogP contribution in [-0.2, 0) is 12.8 Å². The minimum absolute atomic E-state index is 0.722. The number of nitrogen functional groups attached to an aromatic ring is 1. The van der Waals surface area contributed by atoms with Crippen molar-refractivity contribution >= 4 is 16.6 Å². The fraction of sp³-hybridized carbons (Fsp3) is 0.167. The van der Waals surface area contributed by atoms with E-state index in [9.17, 15) is 0 Å². The van der Waals surface area contributed by atoms with Gasteiger partial charge in [0.2, 0.25) is 0 Å². The van der Waals surface area contributed by atoms with Crippen molar-refractivity contribution in [1.82, 2.24) is 4.98 Å². The molecule has 21 heavy (non-hydrogen) atoms. The number of ether oxygens (including phenoxy) is 1. The average molecular weight is 276 g/mol. The molecule has 0 aliphatic heterocycles. The summed E-state index contributed by atoms with van der Waals surface area (Å²) in [5, 5.41) is 0.927. The summed E-state index contributed by atoms with van der Waals surface area (Å²) < 4.78 is 6.05. The maximum Gasteiger partial charge on any atom is 0.153 e. The quantitative estimate of drug-likeness (QED) is 0.717. The van der Waals surface area contributed by atoms with Gasteiger partial charge in [-0.05, 0) is 66.8 Å². The van der Waals surface area contributed by atoms with Crippen LogP contribution in [0.3, 0.4) is 0 Å². The second-order valence-electron chi connectivity index (χ2n) is 5.44. The molecule has 0 spiro atoms. The molecular weight excluding hydrogens is 260 g/mol. The lowest BCUT2D eigenvalue weighted by Gasteiger charge is -2.11. The van der Waals surface area contributed by atoms with Crippen molar-refractivity contribution in [3.63, 3.8) is 0 Å². The lowest BCUT2D eigenvalue weighted by Crippen LogP contribution is -1.93. The van der Waals surface area contributed by atoms with Crippen LogP contribution in [0.1, 0.15) is 17.5 Å². The predicted molar refractivity (Wildman–Crippen MR) is 84.7 cm³/mol. The Labute approximate surface area is 123 Å². The van der Waals surface area contributed by atoms with E-state index in [1.807, 2.05) is 30.3 Å². The van der Waals surface area contributed by atoms with Crippen molar-refractivity contribution in [2.75, 3.05) is 5.73 Å². The van der Waals surface area contributed by atoms with E-state index in [-0.39, 0.29) is 0 Å². The van der Waals surface area contributed by atoms with Crippen LogP contribution < -0.4 is 10.5 Å². The zero-order valence-electron chi connectivity index (χ0n) is 11.7. The first-order chi connectivity index (χ1) is 10.3. The molecule has 0 unspecified atom stereocenters. The maximum atomic E-state index is 6.05. The minimum Gasteiger partial charge on any atom is -0.455 e. The highest BCUT2D eigenvalue weighted by atomic mass is 16.5. The molecule has 3 aromatic rings. The second-order valence-corrected chi connectivity index (χ2v) is 5.44. The summed E-state index contributed by atoms with van der Waals surface area (Å²) in [4.78, 5) is 4.41. The smallest absolute Gasteiger partial charge is 0.153 e. The third-order valence-electron chi connectivity index (χ3n) is 4.06. The van der Waals surface area contributed by atoms with E-state index in [0.29, 0.717) is 0 Å². The number of fused-ring (bicyclic) bond motifs is 2. The Morgan fingerprint density at radius 2 is 1.90 bits per heavy atom. The third-order valence-corrected chi connectivity index (χ3v) is 4.06. The first-order valence-electron chi connectivity index (χ1n) is 7.24. The highest BCUT2D eigenvalue weighted by Crippen LogP contribution is 2.33. The van der Waals surface area contributed by atoms with Crippen LogP contribution in [0.4, 0.5) is 5.69 Å². The predicted octanol–water partition coefficient (Wildman–Crippen LogP) is 4.10. The Hall–Kier alpha value is -2.55. The van der Waals surface area contributed by atoms with Crippen LogP contribution in [-0.4, -0.2) is 4.98 Å². The molecule has 0 amide bonds. The molecule has 0 atom stereocenters. The number of hydrogen-bond acceptors (Lipinski definition) is 3. The molecule has 4 rings (SSSR count). The van der Waals surface area contributed by atoms with Crippen molar-refractivity contribution in [2.24, 2.45) is 0 Å². The summed E-state index contributed by atoms with van der Waals surface area (Å²) in [6, 6.07) is 14.0. The van der Waals surface area contributed by atoms with Gasteiger partial charge < -0.3 is 10.5 Å². The zero-order chi connectivity index (χ0) is 14.2. The Balaban J connectivity index is 1.76. The average Bonchev–Trinajstić information content (AvgIpc) is 2.98. The molecule has 104 valence electrons. The zero-order valence-corrected chi connectivity index (χ0v) is 11.7. The highest BCUT2D eigenvalue weighted by Gasteiger charge is 2.12. The number of aryl methyl sites for hydroxylation is 2. The van der Waals surface area contributed by atoms with Gasteiger partial charge in [-0.15, -0.1) is 0 Å². The number of pyridine rings is 1. The van der Waals surface area contributed by atoms with Gasteiger partial charge in [-0.2, -0.15) is 0 Å². The van der Waals surface area contributed by atoms with Gasteiger partial charge in [0.1, 0.15) is 11.3 Å². The standard InChI is InChI=1S/C18H16N2O/c19-16-8-9-17(18-15(16)5-2-10-20-18)21-14-7-6-12-3-1-4-13(12)11-14/h2,5-11H,1,3-4,19H2. The molecule has 0 radical (unpaired) electrons. The summed E-state index contributed by atoms with van der Waals surface area (Å²) >= 11 is 0. The lowest BCUT2D eigenvalue weighted by molar-refractivity contribution is 0.486. The molecule has 3 heteroatoms. The van der Waals surface area contributed by atoms with Gasteiger partial charge in [0.15, 0.2) is 5.75 Å². The third kappa shape index (κ3) is 2.11. The van der Waals surface area contributed by atoms with Gasteiger partial charge in [-0.25, -0.2) is 0 Å². The number of nitrogens with two attached hydrogens (primary N) is 1. The van der Waals surface area contributed by atoms with Crippen molar-refractivity contribution in [3.05, 3.63) is 59.8 Å². The van der Waals surface area contributed by atoms with Crippen molar-refractivity contribution in [1.29, 1.82) is 0 Å². The fourth-order valence-corrected chi connectivity index (χ4v) is 2.99. The van der Waals surface area contributed by atoms with Gasteiger partial charge in [0, 0.05) is 17.3 Å². The number of rotatable bonds is 2. The molecule has 3 nitrogen and oxygen atoms in total. The van der Waals surface area contributed by atoms with E-state index >= 15 is 0 Å². The van der Waals surface area contributed by atoms with Gasteiger partial charge in [0.05, 0.1) is 0 Å². The Bertz CT molecular complexity index is 827. The molecule has 0 saturated heterocycles. The second kappa shape index (κ2) is 4.77. The van der Waals surface area contributed by atoms with Gasteiger partial charge in [-0.3, -0.25) is 4.98 Å². The highest BCUT2D eigenvalue weighted by molar-refractivity contribution is 5.94. The summed E-state index contributed by atoms with van der Waals surface area (Å²) in [7, 11) is 0. The summed E-state index contributed by atoms with van der Waals surface area (Å²) in [5.41, 5.74) is 10.4. The van der Waals surface area contributed by atoms with Crippen LogP contribution >= 0.6 is 0 Å². The summed E-state index contributed by atoms with van der Waals surface area (Å²) in [6.07, 6.45) is 5.33. The lowest BCUT2D eigenvalue weighted by atomic mass is 10.1. The molecule has 1 aliphatic carbocycles. The van der Waals surface area contributed by atoms with Crippen molar-refractivity contribution in [3.8, 4) is 11.5 Å². The topological polar surface area (TPSA) is 48.1 Å². The number of benzene rings is 2. The first-order valence-corrected chi connectivity index (χ1v) is 7.24. The van der Waals surface area contributed by atoms with Crippen LogP contribution in [0.2, 0.25) is 0 Å². The monoisotopic (exact) mass is 276 g/mol. The number of hydrogen-bond donors (Lipinski definition) is 1. The van der Waals surface area contributed by atoms with Gasteiger partial charge in [-0.1, -0.05) is 6.07 Å². The van der Waals surface area contributed by atoms with Crippen LogP contribution in [0, 0.1) is 0 Å².